The average molecular weight is 410 g/mol. The van der Waals surface area contributed by atoms with Crippen molar-refractivity contribution in [1.82, 2.24) is 15.5 Å². The van der Waals surface area contributed by atoms with E-state index in [9.17, 15) is 9.59 Å². The molecular weight excluding hydrogens is 378 g/mol. The fourth-order valence-corrected chi connectivity index (χ4v) is 3.77. The van der Waals surface area contributed by atoms with Crippen LogP contribution in [0.4, 0.5) is 11.4 Å². The molecule has 1 heterocycles. The van der Waals surface area contributed by atoms with Crippen molar-refractivity contribution < 1.29 is 9.59 Å². The molecule has 1 saturated heterocycles. The Morgan fingerprint density at radius 1 is 0.933 bits per heavy atom. The highest BCUT2D eigenvalue weighted by molar-refractivity contribution is 6.35. The number of hydrogen-bond acceptors (Lipinski definition) is 5. The first-order valence-electron chi connectivity index (χ1n) is 10.3. The summed E-state index contributed by atoms with van der Waals surface area (Å²) in [6.07, 6.45) is 0. The lowest BCUT2D eigenvalue weighted by molar-refractivity contribution is -0.139. The molecule has 1 aliphatic heterocycles. The van der Waals surface area contributed by atoms with Crippen LogP contribution in [0, 0.1) is 0 Å². The number of anilines is 2. The van der Waals surface area contributed by atoms with Gasteiger partial charge in [-0.05, 0) is 29.8 Å². The lowest BCUT2D eigenvalue weighted by atomic mass is 10.0. The third-order valence-electron chi connectivity index (χ3n) is 5.56. The number of carbonyl (C=O) groups is 2. The molecule has 3 rings (SSSR count). The van der Waals surface area contributed by atoms with E-state index in [1.165, 1.54) is 12.7 Å². The van der Waals surface area contributed by atoms with Gasteiger partial charge < -0.3 is 20.4 Å². The number of nitrogens with one attached hydrogen (secondary N) is 2. The molecule has 0 bridgehead atoms. The molecule has 2 amide bonds. The molecule has 0 aliphatic carbocycles. The SMILES string of the molecule is CNC(=O)C(=O)NC[C@@H](c1ccc(N(C)C)cc1)N1CCN(c2ccccc2)CC1. The van der Waals surface area contributed by atoms with Gasteiger partial charge in [-0.15, -0.1) is 0 Å². The van der Waals surface area contributed by atoms with Crippen molar-refractivity contribution in [3.63, 3.8) is 0 Å². The van der Waals surface area contributed by atoms with E-state index in [0.717, 1.165) is 37.4 Å². The minimum atomic E-state index is -0.620. The first-order chi connectivity index (χ1) is 14.5. The van der Waals surface area contributed by atoms with E-state index in [2.05, 4.69) is 73.9 Å². The van der Waals surface area contributed by atoms with Crippen molar-refractivity contribution in [2.75, 3.05) is 63.7 Å². The largest absolute Gasteiger partial charge is 0.378 e. The number of carbonyl (C=O) groups excluding carboxylic acids is 2. The number of benzene rings is 2. The van der Waals surface area contributed by atoms with Crippen LogP contribution in [0.15, 0.2) is 54.6 Å². The van der Waals surface area contributed by atoms with Gasteiger partial charge in [-0.3, -0.25) is 14.5 Å². The molecule has 1 atom stereocenters. The summed E-state index contributed by atoms with van der Waals surface area (Å²) >= 11 is 0. The van der Waals surface area contributed by atoms with Gasteiger partial charge >= 0.3 is 11.8 Å². The van der Waals surface area contributed by atoms with Gasteiger partial charge in [-0.25, -0.2) is 0 Å². The van der Waals surface area contributed by atoms with Crippen molar-refractivity contribution >= 4 is 23.2 Å². The zero-order chi connectivity index (χ0) is 21.5. The number of piperazine rings is 1. The number of likely N-dealkylation sites (N-methyl/N-ethyl adjacent to an activating group) is 1. The first kappa shape index (κ1) is 21.6. The molecule has 0 spiro atoms. The third-order valence-corrected chi connectivity index (χ3v) is 5.56. The van der Waals surface area contributed by atoms with Crippen LogP contribution in [-0.4, -0.2) is 70.6 Å². The van der Waals surface area contributed by atoms with Gasteiger partial charge in [0, 0.05) is 65.2 Å². The second-order valence-corrected chi connectivity index (χ2v) is 7.65. The van der Waals surface area contributed by atoms with Gasteiger partial charge in [-0.2, -0.15) is 0 Å². The van der Waals surface area contributed by atoms with Crippen LogP contribution in [0.1, 0.15) is 11.6 Å². The predicted molar refractivity (Wildman–Crippen MR) is 121 cm³/mol. The molecule has 2 aromatic carbocycles. The fourth-order valence-electron chi connectivity index (χ4n) is 3.77. The predicted octanol–water partition coefficient (Wildman–Crippen LogP) is 1.48. The van der Waals surface area contributed by atoms with Gasteiger partial charge in [-0.1, -0.05) is 30.3 Å². The van der Waals surface area contributed by atoms with Crippen molar-refractivity contribution in [1.29, 1.82) is 0 Å². The van der Waals surface area contributed by atoms with Gasteiger partial charge in [0.05, 0.1) is 6.04 Å². The summed E-state index contributed by atoms with van der Waals surface area (Å²) < 4.78 is 0. The average Bonchev–Trinajstić information content (AvgIpc) is 2.79. The Morgan fingerprint density at radius 2 is 1.57 bits per heavy atom. The van der Waals surface area contributed by atoms with Gasteiger partial charge in [0.1, 0.15) is 0 Å². The van der Waals surface area contributed by atoms with Crippen LogP contribution >= 0.6 is 0 Å². The molecule has 30 heavy (non-hydrogen) atoms. The van der Waals surface area contributed by atoms with Gasteiger partial charge in [0.2, 0.25) is 0 Å². The molecule has 0 radical (unpaired) electrons. The van der Waals surface area contributed by atoms with Gasteiger partial charge in [0.15, 0.2) is 0 Å². The summed E-state index contributed by atoms with van der Waals surface area (Å²) in [7, 11) is 5.49. The summed E-state index contributed by atoms with van der Waals surface area (Å²) in [6, 6.07) is 18.8. The van der Waals surface area contributed by atoms with Crippen molar-refractivity contribution in [3.05, 3.63) is 60.2 Å². The normalized spacial score (nSPS) is 15.4. The number of hydrogen-bond donors (Lipinski definition) is 2. The molecule has 0 unspecified atom stereocenters. The molecule has 7 nitrogen and oxygen atoms in total. The van der Waals surface area contributed by atoms with Crippen molar-refractivity contribution in [2.24, 2.45) is 0 Å². The van der Waals surface area contributed by atoms with E-state index in [4.69, 9.17) is 0 Å². The molecule has 0 aromatic heterocycles. The Kier molecular flexibility index (Phi) is 7.30. The number of amides is 2. The number of nitrogens with zero attached hydrogens (tertiary/aromatic N) is 3. The van der Waals surface area contributed by atoms with Crippen LogP contribution in [0.25, 0.3) is 0 Å². The van der Waals surface area contributed by atoms with Crippen LogP contribution in [0.2, 0.25) is 0 Å². The molecular formula is C23H31N5O2. The number of rotatable bonds is 6. The summed E-state index contributed by atoms with van der Waals surface area (Å²) in [5, 5.41) is 5.17. The lowest BCUT2D eigenvalue weighted by Crippen LogP contribution is -2.50. The molecule has 2 N–H and O–H groups in total. The Balaban J connectivity index is 1.72. The van der Waals surface area contributed by atoms with Crippen molar-refractivity contribution in [2.45, 2.75) is 6.04 Å². The zero-order valence-corrected chi connectivity index (χ0v) is 18.0. The van der Waals surface area contributed by atoms with Crippen LogP contribution in [0.5, 0.6) is 0 Å². The maximum Gasteiger partial charge on any atom is 0.309 e. The maximum atomic E-state index is 12.0. The topological polar surface area (TPSA) is 67.9 Å². The Labute approximate surface area is 178 Å². The van der Waals surface area contributed by atoms with E-state index < -0.39 is 11.8 Å². The first-order valence-corrected chi connectivity index (χ1v) is 10.3. The lowest BCUT2D eigenvalue weighted by Gasteiger charge is -2.40. The second-order valence-electron chi connectivity index (χ2n) is 7.65. The minimum Gasteiger partial charge on any atom is -0.378 e. The summed E-state index contributed by atoms with van der Waals surface area (Å²) in [6.45, 7) is 3.98. The quantitative estimate of drug-likeness (QED) is 0.708. The molecule has 1 aliphatic rings. The van der Waals surface area contributed by atoms with Crippen molar-refractivity contribution in [3.8, 4) is 0 Å². The molecule has 0 saturated carbocycles. The van der Waals surface area contributed by atoms with E-state index in [1.807, 2.05) is 20.2 Å². The van der Waals surface area contributed by atoms with E-state index in [-0.39, 0.29) is 6.04 Å². The highest BCUT2D eigenvalue weighted by atomic mass is 16.2. The standard InChI is InChI=1S/C23H31N5O2/c1-24-22(29)23(30)25-17-21(18-9-11-19(12-10-18)26(2)3)28-15-13-27(14-16-28)20-7-5-4-6-8-20/h4-12,21H,13-17H2,1-3H3,(H,24,29)(H,25,30)/t21-/m0/s1. The molecule has 7 heteroatoms. The maximum absolute atomic E-state index is 12.0. The van der Waals surface area contributed by atoms with E-state index in [1.54, 1.807) is 0 Å². The zero-order valence-electron chi connectivity index (χ0n) is 18.0. The smallest absolute Gasteiger partial charge is 0.309 e. The second kappa shape index (κ2) is 10.1. The summed E-state index contributed by atoms with van der Waals surface area (Å²) in [5.41, 5.74) is 3.49. The van der Waals surface area contributed by atoms with E-state index >= 15 is 0 Å². The van der Waals surface area contributed by atoms with Crippen LogP contribution in [-0.2, 0) is 9.59 Å². The van der Waals surface area contributed by atoms with Crippen LogP contribution in [0.3, 0.4) is 0 Å². The minimum absolute atomic E-state index is 0.00717. The van der Waals surface area contributed by atoms with E-state index in [0.29, 0.717) is 6.54 Å². The summed E-state index contributed by atoms with van der Waals surface area (Å²) in [5.74, 6) is -1.22. The highest BCUT2D eigenvalue weighted by Crippen LogP contribution is 2.25. The fraction of sp³-hybridized carbons (Fsp3) is 0.391. The van der Waals surface area contributed by atoms with Crippen LogP contribution < -0.4 is 20.4 Å². The third kappa shape index (κ3) is 5.30. The highest BCUT2D eigenvalue weighted by Gasteiger charge is 2.26. The molecule has 2 aromatic rings. The molecule has 1 fully saturated rings. The number of para-hydroxylation sites is 1. The molecule has 160 valence electrons. The monoisotopic (exact) mass is 409 g/mol. The Bertz CT molecular complexity index is 830. The Hall–Kier alpha value is -3.06. The summed E-state index contributed by atoms with van der Waals surface area (Å²) in [4.78, 5) is 30.4. The Morgan fingerprint density at radius 3 is 2.13 bits per heavy atom. The van der Waals surface area contributed by atoms with Gasteiger partial charge in [0.25, 0.3) is 0 Å².